The Hall–Kier alpha value is -4.79. The molecule has 0 radical (unpaired) electrons. The number of carbonyl (C=O) groups is 1. The predicted octanol–water partition coefficient (Wildman–Crippen LogP) is 8.65. The second kappa shape index (κ2) is 16.1. The molecule has 0 bridgehead atoms. The minimum Gasteiger partial charge on any atom is -0.445 e. The van der Waals surface area contributed by atoms with Crippen molar-refractivity contribution in [1.82, 2.24) is 10.2 Å². The van der Waals surface area contributed by atoms with Crippen LogP contribution in [0.2, 0.25) is 0 Å². The predicted molar refractivity (Wildman–Crippen MR) is 194 cm³/mol. The number of nitrogens with one attached hydrogen (secondary N) is 1. The Labute approximate surface area is 288 Å². The van der Waals surface area contributed by atoms with E-state index in [1.807, 2.05) is 48.5 Å². The number of nitrogens with zero attached hydrogens (tertiary/aromatic N) is 1. The maximum Gasteiger partial charge on any atom is 0.407 e. The van der Waals surface area contributed by atoms with Crippen LogP contribution in [0.4, 0.5) is 4.79 Å². The maximum absolute atomic E-state index is 11.9. The molecule has 1 fully saturated rings. The quantitative estimate of drug-likeness (QED) is 0.131. The number of carbonyl (C=O) groups excluding carboxylic acids is 1. The van der Waals surface area contributed by atoms with E-state index in [1.54, 1.807) is 0 Å². The minimum atomic E-state index is -0.574. The van der Waals surface area contributed by atoms with Crippen LogP contribution < -0.4 is 5.32 Å². The van der Waals surface area contributed by atoms with E-state index in [2.05, 4.69) is 97.5 Å². The van der Waals surface area contributed by atoms with Crippen LogP contribution in [-0.2, 0) is 27.4 Å². The third kappa shape index (κ3) is 8.63. The number of ether oxygens (including phenoxy) is 3. The van der Waals surface area contributed by atoms with Gasteiger partial charge in [-0.25, -0.2) is 4.79 Å². The SMILES string of the molecule is C=CCOC(=O)NCc1cccc(-c2cccc([C@H]3O[C@@H](CN(C)[C@H](C)c4ccc5ccccc5c4)C[C@@H](c4ccc(CO)cc4)O3)c2)c1. The van der Waals surface area contributed by atoms with Crippen molar-refractivity contribution in [3.05, 3.63) is 156 Å². The zero-order valence-electron chi connectivity index (χ0n) is 28.1. The average molecular weight is 657 g/mol. The van der Waals surface area contributed by atoms with Crippen molar-refractivity contribution in [2.45, 2.75) is 51.0 Å². The van der Waals surface area contributed by atoms with Gasteiger partial charge in [-0.1, -0.05) is 110 Å². The summed E-state index contributed by atoms with van der Waals surface area (Å²) in [7, 11) is 2.15. The van der Waals surface area contributed by atoms with E-state index in [9.17, 15) is 9.90 Å². The average Bonchev–Trinajstić information content (AvgIpc) is 3.15. The standard InChI is InChI=1S/C42H44N2O5/c1-4-21-47-42(46)43-26-31-9-7-12-35(22-31)37-13-8-14-38(24-37)41-48-39(25-40(49-41)33-17-15-30(28-45)16-18-33)27-44(3)29(2)34-20-19-32-10-5-6-11-36(32)23-34/h4-20,22-24,29,39-41,45H,1,21,25-28H2,2-3H3,(H,43,46)/t29-,39-,40+,41+/m1/s1. The number of hydrogen-bond donors (Lipinski definition) is 2. The largest absolute Gasteiger partial charge is 0.445 e. The normalized spacial score (nSPS) is 18.2. The van der Waals surface area contributed by atoms with E-state index >= 15 is 0 Å². The Morgan fingerprint density at radius 3 is 2.43 bits per heavy atom. The monoisotopic (exact) mass is 656 g/mol. The highest BCUT2D eigenvalue weighted by molar-refractivity contribution is 5.83. The zero-order valence-corrected chi connectivity index (χ0v) is 28.1. The molecule has 1 amide bonds. The summed E-state index contributed by atoms with van der Waals surface area (Å²) in [4.78, 5) is 14.3. The van der Waals surface area contributed by atoms with Gasteiger partial charge in [-0.05, 0) is 76.3 Å². The van der Waals surface area contributed by atoms with E-state index in [0.717, 1.165) is 39.9 Å². The summed E-state index contributed by atoms with van der Waals surface area (Å²) in [5.74, 6) is 0. The smallest absolute Gasteiger partial charge is 0.407 e. The molecule has 7 nitrogen and oxygen atoms in total. The highest BCUT2D eigenvalue weighted by atomic mass is 16.7. The summed E-state index contributed by atoms with van der Waals surface area (Å²) >= 11 is 0. The Balaban J connectivity index is 1.21. The topological polar surface area (TPSA) is 80.3 Å². The van der Waals surface area contributed by atoms with Crippen molar-refractivity contribution in [2.24, 2.45) is 0 Å². The van der Waals surface area contributed by atoms with E-state index in [4.69, 9.17) is 14.2 Å². The summed E-state index contributed by atoms with van der Waals surface area (Å²) in [6, 6.07) is 39.6. The van der Waals surface area contributed by atoms with Gasteiger partial charge in [0.2, 0.25) is 0 Å². The molecule has 0 saturated carbocycles. The summed E-state index contributed by atoms with van der Waals surface area (Å²) in [5.41, 5.74) is 7.12. The van der Waals surface area contributed by atoms with Crippen molar-refractivity contribution in [2.75, 3.05) is 20.2 Å². The number of aliphatic hydroxyl groups is 1. The Bertz CT molecular complexity index is 1870. The Morgan fingerprint density at radius 2 is 1.65 bits per heavy atom. The summed E-state index contributed by atoms with van der Waals surface area (Å²) in [6.07, 6.45) is 0.914. The fourth-order valence-corrected chi connectivity index (χ4v) is 6.32. The molecule has 0 aliphatic carbocycles. The van der Waals surface area contributed by atoms with Gasteiger partial charge in [0, 0.05) is 31.1 Å². The number of likely N-dealkylation sites (N-methyl/N-ethyl adjacent to an activating group) is 1. The first-order valence-corrected chi connectivity index (χ1v) is 16.8. The molecule has 7 heteroatoms. The van der Waals surface area contributed by atoms with Crippen LogP contribution in [0.15, 0.2) is 128 Å². The molecular formula is C42H44N2O5. The van der Waals surface area contributed by atoms with Crippen molar-refractivity contribution >= 4 is 16.9 Å². The number of fused-ring (bicyclic) bond motifs is 1. The van der Waals surface area contributed by atoms with Crippen LogP contribution >= 0.6 is 0 Å². The summed E-state index contributed by atoms with van der Waals surface area (Å²) in [6.45, 7) is 7.05. The lowest BCUT2D eigenvalue weighted by Crippen LogP contribution is -2.38. The lowest BCUT2D eigenvalue weighted by Gasteiger charge is -2.39. The number of benzene rings is 5. The molecule has 0 unspecified atom stereocenters. The van der Waals surface area contributed by atoms with Crippen molar-refractivity contribution in [1.29, 1.82) is 0 Å². The molecule has 0 aromatic heterocycles. The summed E-state index contributed by atoms with van der Waals surface area (Å²) in [5, 5.41) is 14.9. The van der Waals surface area contributed by atoms with Gasteiger partial charge in [0.1, 0.15) is 6.61 Å². The van der Waals surface area contributed by atoms with E-state index < -0.39 is 12.4 Å². The first-order chi connectivity index (χ1) is 23.9. The first-order valence-electron chi connectivity index (χ1n) is 16.8. The fraction of sp³-hybridized carbons (Fsp3) is 0.262. The number of aliphatic hydroxyl groups excluding tert-OH is 1. The van der Waals surface area contributed by atoms with Crippen molar-refractivity contribution in [3.8, 4) is 11.1 Å². The Kier molecular flexibility index (Phi) is 11.2. The molecular weight excluding hydrogens is 612 g/mol. The van der Waals surface area contributed by atoms with Gasteiger partial charge in [0.15, 0.2) is 6.29 Å². The van der Waals surface area contributed by atoms with Gasteiger partial charge < -0.3 is 24.6 Å². The van der Waals surface area contributed by atoms with Crippen LogP contribution in [0.3, 0.4) is 0 Å². The summed E-state index contributed by atoms with van der Waals surface area (Å²) < 4.78 is 18.4. The van der Waals surface area contributed by atoms with Crippen molar-refractivity contribution < 1.29 is 24.1 Å². The van der Waals surface area contributed by atoms with E-state index in [1.165, 1.54) is 22.4 Å². The molecule has 0 spiro atoms. The molecule has 6 rings (SSSR count). The lowest BCUT2D eigenvalue weighted by molar-refractivity contribution is -0.253. The molecule has 2 N–H and O–H groups in total. The molecule has 1 aliphatic rings. The van der Waals surface area contributed by atoms with Crippen LogP contribution in [0.25, 0.3) is 21.9 Å². The molecule has 1 aliphatic heterocycles. The fourth-order valence-electron chi connectivity index (χ4n) is 6.32. The first kappa shape index (κ1) is 34.1. The van der Waals surface area contributed by atoms with Crippen molar-refractivity contribution in [3.63, 3.8) is 0 Å². The van der Waals surface area contributed by atoms with Gasteiger partial charge in [0.05, 0.1) is 18.8 Å². The Morgan fingerprint density at radius 1 is 0.898 bits per heavy atom. The molecule has 5 aromatic carbocycles. The molecule has 4 atom stereocenters. The lowest BCUT2D eigenvalue weighted by atomic mass is 9.97. The van der Waals surface area contributed by atoms with Gasteiger partial charge in [0.25, 0.3) is 0 Å². The van der Waals surface area contributed by atoms with Gasteiger partial charge in [-0.15, -0.1) is 0 Å². The van der Waals surface area contributed by atoms with Gasteiger partial charge in [-0.2, -0.15) is 0 Å². The van der Waals surface area contributed by atoms with Crippen LogP contribution in [-0.4, -0.2) is 42.4 Å². The third-order valence-corrected chi connectivity index (χ3v) is 9.21. The number of rotatable bonds is 12. The molecule has 252 valence electrons. The van der Waals surface area contributed by atoms with Gasteiger partial charge >= 0.3 is 6.09 Å². The molecule has 49 heavy (non-hydrogen) atoms. The highest BCUT2D eigenvalue weighted by Crippen LogP contribution is 2.39. The van der Waals surface area contributed by atoms with E-state index in [0.29, 0.717) is 13.0 Å². The van der Waals surface area contributed by atoms with Crippen LogP contribution in [0, 0.1) is 0 Å². The maximum atomic E-state index is 11.9. The number of alkyl carbamates (subject to hydrolysis) is 1. The van der Waals surface area contributed by atoms with E-state index in [-0.39, 0.29) is 31.5 Å². The van der Waals surface area contributed by atoms with Crippen LogP contribution in [0.1, 0.15) is 59.6 Å². The third-order valence-electron chi connectivity index (χ3n) is 9.21. The van der Waals surface area contributed by atoms with Crippen LogP contribution in [0.5, 0.6) is 0 Å². The minimum absolute atomic E-state index is 0.00106. The van der Waals surface area contributed by atoms with Gasteiger partial charge in [-0.3, -0.25) is 4.90 Å². The highest BCUT2D eigenvalue weighted by Gasteiger charge is 2.33. The number of hydrogen-bond acceptors (Lipinski definition) is 6. The zero-order chi connectivity index (χ0) is 34.2. The molecule has 5 aromatic rings. The molecule has 1 saturated heterocycles. The number of amides is 1. The second-order valence-corrected chi connectivity index (χ2v) is 12.6. The molecule has 1 heterocycles. The second-order valence-electron chi connectivity index (χ2n) is 12.6.